The Morgan fingerprint density at radius 2 is 1.58 bits per heavy atom. The molecule has 2 fully saturated rings. The SMILES string of the molecule is CC(C)(C)[Si](C)(C)Oc1ccc2c(c1)CC[C@@H]1[C@@H]2[C@@H](CCCCOS(C)(=O)=O)C[C@]2(C)[C@@H](O[Si](C)(C)C(C)(C)C)CC[C@@H]12. The van der Waals surface area contributed by atoms with Crippen molar-refractivity contribution in [1.29, 1.82) is 0 Å². The van der Waals surface area contributed by atoms with Crippen LogP contribution in [0.25, 0.3) is 0 Å². The number of unbranched alkanes of at least 4 members (excludes halogenated alkanes) is 1. The number of aryl methyl sites for hydroxylation is 1. The van der Waals surface area contributed by atoms with Crippen LogP contribution < -0.4 is 4.43 Å². The lowest BCUT2D eigenvalue weighted by atomic mass is 9.51. The molecule has 8 heteroatoms. The topological polar surface area (TPSA) is 61.8 Å². The van der Waals surface area contributed by atoms with Crippen LogP contribution in [0.2, 0.25) is 36.3 Å². The lowest BCUT2D eigenvalue weighted by Crippen LogP contribution is -2.52. The van der Waals surface area contributed by atoms with Crippen molar-refractivity contribution in [3.63, 3.8) is 0 Å². The fraction of sp³-hybridized carbons (Fsp3) is 0.829. The molecule has 0 amide bonds. The molecule has 6 atom stereocenters. The summed E-state index contributed by atoms with van der Waals surface area (Å²) >= 11 is 0. The van der Waals surface area contributed by atoms with E-state index in [1.165, 1.54) is 31.2 Å². The highest BCUT2D eigenvalue weighted by Crippen LogP contribution is 2.65. The maximum absolute atomic E-state index is 11.5. The highest BCUT2D eigenvalue weighted by Gasteiger charge is 2.59. The number of fused-ring (bicyclic) bond motifs is 5. The fourth-order valence-corrected chi connectivity index (χ4v) is 11.0. The maximum atomic E-state index is 11.5. The van der Waals surface area contributed by atoms with Gasteiger partial charge in [0.15, 0.2) is 8.32 Å². The van der Waals surface area contributed by atoms with Crippen LogP contribution >= 0.6 is 0 Å². The second-order valence-electron chi connectivity index (χ2n) is 17.5. The van der Waals surface area contributed by atoms with E-state index >= 15 is 0 Å². The van der Waals surface area contributed by atoms with Crippen molar-refractivity contribution in [3.8, 4) is 5.75 Å². The maximum Gasteiger partial charge on any atom is 0.264 e. The first-order chi connectivity index (χ1) is 19.6. The number of hydrogen-bond acceptors (Lipinski definition) is 5. The predicted octanol–water partition coefficient (Wildman–Crippen LogP) is 9.69. The Hall–Kier alpha value is -0.676. The van der Waals surface area contributed by atoms with Crippen LogP contribution in [-0.4, -0.2) is 44.0 Å². The Bertz CT molecular complexity index is 1250. The van der Waals surface area contributed by atoms with E-state index in [9.17, 15) is 8.42 Å². The van der Waals surface area contributed by atoms with Gasteiger partial charge in [0.1, 0.15) is 5.75 Å². The summed E-state index contributed by atoms with van der Waals surface area (Å²) < 4.78 is 42.2. The van der Waals surface area contributed by atoms with Crippen molar-refractivity contribution in [2.24, 2.45) is 23.2 Å². The molecule has 3 aliphatic rings. The standard InChI is InChI=1S/C35H62O5SSi2/c1-33(2,3)42(9,10)39-27-17-19-28-25(23-27)16-18-29-30-20-21-31(40-43(11,12)34(4,5)6)35(30,7)24-26(32(28)29)15-13-14-22-38-41(8,36)37/h17,19,23,26,29-32H,13-16,18,20-22,24H2,1-12H3/t26-,29-,30-,31-,32+,35-/m0/s1. The summed E-state index contributed by atoms with van der Waals surface area (Å²) in [6.45, 7) is 26.3. The third-order valence-electron chi connectivity index (χ3n) is 12.4. The highest BCUT2D eigenvalue weighted by molar-refractivity contribution is 7.85. The summed E-state index contributed by atoms with van der Waals surface area (Å²) in [7, 11) is -7.20. The molecule has 0 bridgehead atoms. The van der Waals surface area contributed by atoms with E-state index in [2.05, 4.69) is 92.9 Å². The minimum atomic E-state index is -3.40. The smallest absolute Gasteiger partial charge is 0.264 e. The van der Waals surface area contributed by atoms with Crippen LogP contribution in [0, 0.1) is 23.2 Å². The van der Waals surface area contributed by atoms with Gasteiger partial charge >= 0.3 is 0 Å². The molecule has 0 aliphatic heterocycles. The van der Waals surface area contributed by atoms with Gasteiger partial charge in [-0.25, -0.2) is 0 Å². The van der Waals surface area contributed by atoms with Crippen LogP contribution in [0.3, 0.4) is 0 Å². The molecule has 246 valence electrons. The van der Waals surface area contributed by atoms with E-state index < -0.39 is 26.8 Å². The van der Waals surface area contributed by atoms with Gasteiger partial charge < -0.3 is 8.85 Å². The molecule has 0 aromatic heterocycles. The monoisotopic (exact) mass is 650 g/mol. The zero-order chi connectivity index (χ0) is 32.2. The lowest BCUT2D eigenvalue weighted by molar-refractivity contribution is -0.0451. The number of benzene rings is 1. The van der Waals surface area contributed by atoms with Gasteiger partial charge in [0.2, 0.25) is 8.32 Å². The molecular weight excluding hydrogens is 589 g/mol. The summed E-state index contributed by atoms with van der Waals surface area (Å²) in [6.07, 6.45) is 10.3. The van der Waals surface area contributed by atoms with Crippen molar-refractivity contribution in [3.05, 3.63) is 29.3 Å². The molecule has 4 rings (SSSR count). The first-order valence-corrected chi connectivity index (χ1v) is 24.5. The minimum absolute atomic E-state index is 0.166. The van der Waals surface area contributed by atoms with Crippen molar-refractivity contribution in [2.45, 2.75) is 148 Å². The van der Waals surface area contributed by atoms with E-state index in [0.717, 1.165) is 37.7 Å². The minimum Gasteiger partial charge on any atom is -0.543 e. The first-order valence-electron chi connectivity index (χ1n) is 16.9. The Morgan fingerprint density at radius 1 is 0.930 bits per heavy atom. The van der Waals surface area contributed by atoms with Crippen LogP contribution in [-0.2, 0) is 25.1 Å². The summed E-state index contributed by atoms with van der Waals surface area (Å²) in [5.74, 6) is 3.50. The second kappa shape index (κ2) is 12.2. The summed E-state index contributed by atoms with van der Waals surface area (Å²) in [5, 5.41) is 0.366. The van der Waals surface area contributed by atoms with Gasteiger partial charge in [0, 0.05) is 0 Å². The van der Waals surface area contributed by atoms with Gasteiger partial charge in [-0.3, -0.25) is 4.18 Å². The summed E-state index contributed by atoms with van der Waals surface area (Å²) in [5.41, 5.74) is 3.22. The van der Waals surface area contributed by atoms with Crippen LogP contribution in [0.4, 0.5) is 0 Å². The third kappa shape index (κ3) is 7.50. The van der Waals surface area contributed by atoms with Crippen LogP contribution in [0.15, 0.2) is 18.2 Å². The average Bonchev–Trinajstić information content (AvgIpc) is 3.16. The normalized spacial score (nSPS) is 30.0. The van der Waals surface area contributed by atoms with Crippen LogP contribution in [0.1, 0.15) is 110 Å². The fourth-order valence-electron chi connectivity index (χ4n) is 8.06. The van der Waals surface area contributed by atoms with Crippen molar-refractivity contribution >= 4 is 26.8 Å². The molecule has 0 unspecified atom stereocenters. The van der Waals surface area contributed by atoms with Gasteiger partial charge in [0.05, 0.1) is 19.0 Å². The van der Waals surface area contributed by atoms with E-state index in [1.807, 2.05) is 0 Å². The molecule has 1 aromatic carbocycles. The van der Waals surface area contributed by atoms with E-state index in [0.29, 0.717) is 29.8 Å². The van der Waals surface area contributed by atoms with Gasteiger partial charge in [-0.15, -0.1) is 0 Å². The van der Waals surface area contributed by atoms with Gasteiger partial charge in [-0.2, -0.15) is 8.42 Å². The molecule has 0 N–H and O–H groups in total. The second-order valence-corrected chi connectivity index (χ2v) is 28.6. The lowest BCUT2D eigenvalue weighted by Gasteiger charge is -2.55. The predicted molar refractivity (Wildman–Crippen MR) is 184 cm³/mol. The average molecular weight is 651 g/mol. The van der Waals surface area contributed by atoms with Crippen molar-refractivity contribution < 1.29 is 21.5 Å². The Morgan fingerprint density at radius 3 is 2.19 bits per heavy atom. The quantitative estimate of drug-likeness (QED) is 0.143. The molecule has 0 spiro atoms. The molecule has 5 nitrogen and oxygen atoms in total. The zero-order valence-electron chi connectivity index (χ0n) is 29.4. The Balaban J connectivity index is 1.62. The molecule has 2 saturated carbocycles. The summed E-state index contributed by atoms with van der Waals surface area (Å²) in [4.78, 5) is 0. The molecule has 0 heterocycles. The van der Waals surface area contributed by atoms with E-state index in [1.54, 1.807) is 5.56 Å². The van der Waals surface area contributed by atoms with E-state index in [4.69, 9.17) is 13.0 Å². The largest absolute Gasteiger partial charge is 0.543 e. The Kier molecular flexibility index (Phi) is 9.95. The van der Waals surface area contributed by atoms with Gasteiger partial charge in [-0.05, 0) is 134 Å². The first kappa shape index (κ1) is 35.2. The molecule has 1 aromatic rings. The van der Waals surface area contributed by atoms with E-state index in [-0.39, 0.29) is 22.1 Å². The Labute approximate surface area is 266 Å². The third-order valence-corrected chi connectivity index (χ3v) is 21.9. The highest BCUT2D eigenvalue weighted by atomic mass is 32.2. The molecule has 0 saturated heterocycles. The molecule has 0 radical (unpaired) electrons. The number of hydrogen-bond donors (Lipinski definition) is 0. The van der Waals surface area contributed by atoms with Crippen LogP contribution in [0.5, 0.6) is 5.75 Å². The zero-order valence-corrected chi connectivity index (χ0v) is 32.2. The van der Waals surface area contributed by atoms with Gasteiger partial charge in [0.25, 0.3) is 10.1 Å². The van der Waals surface area contributed by atoms with Crippen molar-refractivity contribution in [1.82, 2.24) is 0 Å². The molecular formula is C35H62O5SSi2. The molecule has 43 heavy (non-hydrogen) atoms. The summed E-state index contributed by atoms with van der Waals surface area (Å²) in [6, 6.07) is 7.04. The number of rotatable bonds is 10. The van der Waals surface area contributed by atoms with Crippen molar-refractivity contribution in [2.75, 3.05) is 12.9 Å². The molecule has 3 aliphatic carbocycles. The van der Waals surface area contributed by atoms with Gasteiger partial charge in [-0.1, -0.05) is 61.0 Å².